The number of nitrogens with two attached hydrogens (primary N) is 1. The Morgan fingerprint density at radius 3 is 2.57 bits per heavy atom. The summed E-state index contributed by atoms with van der Waals surface area (Å²) in [5, 5.41) is 0.402. The second-order valence-corrected chi connectivity index (χ2v) is 8.35. The molecule has 1 aliphatic carbocycles. The van der Waals surface area contributed by atoms with Crippen LogP contribution < -0.4 is 5.73 Å². The average molecular weight is 329 g/mol. The van der Waals surface area contributed by atoms with E-state index >= 15 is 0 Å². The second kappa shape index (κ2) is 5.78. The van der Waals surface area contributed by atoms with Gasteiger partial charge in [-0.3, -0.25) is 0 Å². The molecule has 0 radical (unpaired) electrons. The summed E-state index contributed by atoms with van der Waals surface area (Å²) in [5.41, 5.74) is 6.15. The van der Waals surface area contributed by atoms with E-state index in [0.717, 1.165) is 25.7 Å². The Morgan fingerprint density at radius 2 is 1.86 bits per heavy atom. The van der Waals surface area contributed by atoms with Crippen LogP contribution >= 0.6 is 11.6 Å². The number of benzene rings is 1. The first-order chi connectivity index (χ1) is 10.00. The zero-order valence-electron chi connectivity index (χ0n) is 12.0. The van der Waals surface area contributed by atoms with Gasteiger partial charge in [0.1, 0.15) is 4.90 Å². The van der Waals surface area contributed by atoms with Crippen LogP contribution in [0.1, 0.15) is 38.5 Å². The molecular weight excluding hydrogens is 308 g/mol. The zero-order chi connectivity index (χ0) is 15.0. The van der Waals surface area contributed by atoms with Gasteiger partial charge in [-0.15, -0.1) is 0 Å². The summed E-state index contributed by atoms with van der Waals surface area (Å²) in [6, 6.07) is 4.79. The molecule has 1 atom stereocenters. The predicted octanol–water partition coefficient (Wildman–Crippen LogP) is 3.27. The average Bonchev–Trinajstić information content (AvgIpc) is 3.10. The Balaban J connectivity index is 1.95. The van der Waals surface area contributed by atoms with Crippen LogP contribution in [0.3, 0.4) is 0 Å². The third-order valence-electron chi connectivity index (χ3n) is 4.75. The molecular formula is C15H21ClN2O2S. The van der Waals surface area contributed by atoms with Gasteiger partial charge in [-0.05, 0) is 49.8 Å². The van der Waals surface area contributed by atoms with Crippen LogP contribution in [0.5, 0.6) is 0 Å². The van der Waals surface area contributed by atoms with Gasteiger partial charge in [-0.1, -0.05) is 24.4 Å². The Kier molecular flexibility index (Phi) is 4.17. The first kappa shape index (κ1) is 15.1. The zero-order valence-corrected chi connectivity index (χ0v) is 13.5. The number of halogens is 1. The van der Waals surface area contributed by atoms with Crippen LogP contribution in [0, 0.1) is 5.92 Å². The lowest BCUT2D eigenvalue weighted by Gasteiger charge is -2.29. The van der Waals surface area contributed by atoms with Crippen molar-refractivity contribution in [1.82, 2.24) is 4.31 Å². The van der Waals surface area contributed by atoms with Crippen LogP contribution in [0.15, 0.2) is 23.1 Å². The maximum atomic E-state index is 13.0. The Bertz CT molecular complexity index is 627. The number of nitrogen functional groups attached to an aromatic ring is 1. The highest BCUT2D eigenvalue weighted by molar-refractivity contribution is 7.89. The molecule has 2 N–H and O–H groups in total. The number of rotatable bonds is 3. The summed E-state index contributed by atoms with van der Waals surface area (Å²) in [6.07, 6.45) is 6.61. The van der Waals surface area contributed by atoms with Crippen molar-refractivity contribution in [1.29, 1.82) is 0 Å². The molecule has 1 saturated carbocycles. The number of hydrogen-bond acceptors (Lipinski definition) is 3. The van der Waals surface area contributed by atoms with Crippen molar-refractivity contribution in [3.63, 3.8) is 0 Å². The minimum absolute atomic E-state index is 0.135. The Hall–Kier alpha value is -0.780. The summed E-state index contributed by atoms with van der Waals surface area (Å²) in [7, 11) is -3.55. The highest BCUT2D eigenvalue weighted by Crippen LogP contribution is 2.39. The van der Waals surface area contributed by atoms with E-state index in [2.05, 4.69) is 0 Å². The van der Waals surface area contributed by atoms with Crippen LogP contribution in [-0.4, -0.2) is 25.3 Å². The smallest absolute Gasteiger partial charge is 0.245 e. The topological polar surface area (TPSA) is 63.4 Å². The van der Waals surface area contributed by atoms with Crippen molar-refractivity contribution >= 4 is 27.3 Å². The van der Waals surface area contributed by atoms with E-state index in [4.69, 9.17) is 17.3 Å². The third-order valence-corrected chi connectivity index (χ3v) is 6.97. The lowest BCUT2D eigenvalue weighted by molar-refractivity contribution is 0.288. The molecule has 21 heavy (non-hydrogen) atoms. The molecule has 1 unspecified atom stereocenters. The van der Waals surface area contributed by atoms with E-state index in [1.165, 1.54) is 18.9 Å². The SMILES string of the molecule is Nc1ccc(Cl)cc1S(=O)(=O)N1CCCC1C1CCCC1. The maximum Gasteiger partial charge on any atom is 0.245 e. The molecule has 0 bridgehead atoms. The van der Waals surface area contributed by atoms with E-state index in [9.17, 15) is 8.42 Å². The first-order valence-corrected chi connectivity index (χ1v) is 9.39. The molecule has 116 valence electrons. The van der Waals surface area contributed by atoms with Gasteiger partial charge in [0, 0.05) is 17.6 Å². The van der Waals surface area contributed by atoms with Gasteiger partial charge in [0.15, 0.2) is 0 Å². The molecule has 6 heteroatoms. The summed E-state index contributed by atoms with van der Waals surface area (Å²) >= 11 is 5.95. The van der Waals surface area contributed by atoms with Gasteiger partial charge in [0.2, 0.25) is 10.0 Å². The largest absolute Gasteiger partial charge is 0.398 e. The Morgan fingerprint density at radius 1 is 1.14 bits per heavy atom. The molecule has 1 aromatic carbocycles. The van der Waals surface area contributed by atoms with Gasteiger partial charge in [0.05, 0.1) is 5.69 Å². The highest BCUT2D eigenvalue weighted by atomic mass is 35.5. The summed E-state index contributed by atoms with van der Waals surface area (Å²) in [4.78, 5) is 0.153. The van der Waals surface area contributed by atoms with Crippen LogP contribution in [0.4, 0.5) is 5.69 Å². The second-order valence-electron chi connectivity index (χ2n) is 6.05. The van der Waals surface area contributed by atoms with Gasteiger partial charge in [-0.2, -0.15) is 4.31 Å². The van der Waals surface area contributed by atoms with Gasteiger partial charge in [-0.25, -0.2) is 8.42 Å². The highest BCUT2D eigenvalue weighted by Gasteiger charge is 2.40. The molecule has 0 amide bonds. The van der Waals surface area contributed by atoms with E-state index in [1.54, 1.807) is 16.4 Å². The summed E-state index contributed by atoms with van der Waals surface area (Å²) < 4.78 is 27.6. The maximum absolute atomic E-state index is 13.0. The van der Waals surface area contributed by atoms with Crippen LogP contribution in [-0.2, 0) is 10.0 Å². The lowest BCUT2D eigenvalue weighted by atomic mass is 9.97. The Labute approximate surface area is 131 Å². The number of hydrogen-bond donors (Lipinski definition) is 1. The number of anilines is 1. The van der Waals surface area contributed by atoms with Gasteiger partial charge < -0.3 is 5.73 Å². The normalized spacial score (nSPS) is 24.7. The minimum Gasteiger partial charge on any atom is -0.398 e. The van der Waals surface area contributed by atoms with Crippen molar-refractivity contribution in [2.75, 3.05) is 12.3 Å². The fourth-order valence-corrected chi connectivity index (χ4v) is 5.87. The van der Waals surface area contributed by atoms with Gasteiger partial charge >= 0.3 is 0 Å². The molecule has 2 fully saturated rings. The summed E-state index contributed by atoms with van der Waals surface area (Å²) in [5.74, 6) is 0.502. The van der Waals surface area contributed by atoms with E-state index in [0.29, 0.717) is 17.5 Å². The van der Waals surface area contributed by atoms with Crippen molar-refractivity contribution in [2.45, 2.75) is 49.5 Å². The molecule has 3 rings (SSSR count). The van der Waals surface area contributed by atoms with Crippen molar-refractivity contribution in [3.8, 4) is 0 Å². The predicted molar refractivity (Wildman–Crippen MR) is 84.7 cm³/mol. The quantitative estimate of drug-likeness (QED) is 0.866. The first-order valence-electron chi connectivity index (χ1n) is 7.57. The monoisotopic (exact) mass is 328 g/mol. The fourth-order valence-electron chi connectivity index (χ4n) is 3.74. The molecule has 2 aliphatic rings. The van der Waals surface area contributed by atoms with Crippen molar-refractivity contribution < 1.29 is 8.42 Å². The van der Waals surface area contributed by atoms with E-state index in [1.807, 2.05) is 0 Å². The molecule has 0 aromatic heterocycles. The molecule has 1 aromatic rings. The van der Waals surface area contributed by atoms with Crippen LogP contribution in [0.25, 0.3) is 0 Å². The fraction of sp³-hybridized carbons (Fsp3) is 0.600. The number of nitrogens with zero attached hydrogens (tertiary/aromatic N) is 1. The molecule has 1 aliphatic heterocycles. The molecule has 1 heterocycles. The van der Waals surface area contributed by atoms with Crippen molar-refractivity contribution in [3.05, 3.63) is 23.2 Å². The lowest BCUT2D eigenvalue weighted by Crippen LogP contribution is -2.39. The third kappa shape index (κ3) is 2.79. The standard InChI is InChI=1S/C15H21ClN2O2S/c16-12-7-8-13(17)15(10-12)21(19,20)18-9-3-6-14(18)11-4-1-2-5-11/h7-8,10-11,14H,1-6,9,17H2. The summed E-state index contributed by atoms with van der Waals surface area (Å²) in [6.45, 7) is 0.593. The molecule has 0 spiro atoms. The number of sulfonamides is 1. The molecule has 4 nitrogen and oxygen atoms in total. The minimum atomic E-state index is -3.55. The van der Waals surface area contributed by atoms with E-state index < -0.39 is 10.0 Å². The van der Waals surface area contributed by atoms with Gasteiger partial charge in [0.25, 0.3) is 0 Å². The van der Waals surface area contributed by atoms with E-state index in [-0.39, 0.29) is 16.6 Å². The van der Waals surface area contributed by atoms with Crippen LogP contribution in [0.2, 0.25) is 5.02 Å². The van der Waals surface area contributed by atoms with Crippen molar-refractivity contribution in [2.24, 2.45) is 5.92 Å². The molecule has 1 saturated heterocycles.